The molecule has 13 heteroatoms. The number of carbonyl (C=O) groups is 5. The molecule has 0 spiro atoms. The standard InChI is InChI=1S/C17H12F3N3O4.C7H13NO2.C2H6/c18-17(19,20)27-11-4-2-10(3-5-11)22-16(26)21-8-9-1-6-12-13(7-9)15(25)23-14(12)24;1-6(4-3-5-9)7(10)8-2;1-2/h1-7H,8H2,(H2,21,22,26)(H,23,24,25);5-6H,3-4H2,1-2H3,(H,8,10);1-2H3/t;6-;/m.1./s1. The van der Waals surface area contributed by atoms with Crippen LogP contribution in [0.1, 0.15) is 59.9 Å². The summed E-state index contributed by atoms with van der Waals surface area (Å²) in [6.07, 6.45) is -2.85. The van der Waals surface area contributed by atoms with Crippen LogP contribution < -0.4 is 26.0 Å². The molecule has 0 saturated carbocycles. The molecule has 0 aliphatic carbocycles. The minimum absolute atomic E-state index is 0.00171. The van der Waals surface area contributed by atoms with Crippen molar-refractivity contribution in [2.75, 3.05) is 12.4 Å². The summed E-state index contributed by atoms with van der Waals surface area (Å²) in [6, 6.07) is 8.64. The molecule has 39 heavy (non-hydrogen) atoms. The molecule has 2 aromatic carbocycles. The molecule has 1 aliphatic rings. The van der Waals surface area contributed by atoms with Crippen molar-refractivity contribution in [1.29, 1.82) is 0 Å². The van der Waals surface area contributed by atoms with Gasteiger partial charge in [-0.3, -0.25) is 19.7 Å². The fourth-order valence-corrected chi connectivity index (χ4v) is 3.12. The molecule has 1 heterocycles. The van der Waals surface area contributed by atoms with Crippen molar-refractivity contribution in [3.8, 4) is 5.75 Å². The number of aldehydes is 1. The van der Waals surface area contributed by atoms with E-state index in [4.69, 9.17) is 0 Å². The minimum atomic E-state index is -4.79. The van der Waals surface area contributed by atoms with Crippen LogP contribution in [0, 0.1) is 5.92 Å². The number of anilines is 1. The molecule has 0 fully saturated rings. The molecule has 0 aromatic heterocycles. The van der Waals surface area contributed by atoms with Gasteiger partial charge in [-0.15, -0.1) is 13.2 Å². The van der Waals surface area contributed by atoms with Gasteiger partial charge < -0.3 is 25.5 Å². The largest absolute Gasteiger partial charge is 0.573 e. The van der Waals surface area contributed by atoms with Gasteiger partial charge in [0.15, 0.2) is 0 Å². The Hall–Kier alpha value is -4.42. The average molecular weight is 553 g/mol. The lowest BCUT2D eigenvalue weighted by Crippen LogP contribution is -2.28. The third kappa shape index (κ3) is 11.2. The number of rotatable bonds is 8. The Morgan fingerprint density at radius 3 is 2.21 bits per heavy atom. The van der Waals surface area contributed by atoms with E-state index in [1.54, 1.807) is 13.1 Å². The fourth-order valence-electron chi connectivity index (χ4n) is 3.12. The van der Waals surface area contributed by atoms with Crippen LogP contribution >= 0.6 is 0 Å². The van der Waals surface area contributed by atoms with Gasteiger partial charge in [0.05, 0.1) is 11.1 Å². The zero-order chi connectivity index (χ0) is 29.6. The summed E-state index contributed by atoms with van der Waals surface area (Å²) >= 11 is 0. The van der Waals surface area contributed by atoms with Gasteiger partial charge in [0.2, 0.25) is 5.91 Å². The fraction of sp³-hybridized carbons (Fsp3) is 0.346. The molecule has 10 nitrogen and oxygen atoms in total. The zero-order valence-corrected chi connectivity index (χ0v) is 21.9. The lowest BCUT2D eigenvalue weighted by molar-refractivity contribution is -0.274. The SMILES string of the molecule is CC.CNC(=O)[C@H](C)CCC=O.O=C(NCc1ccc2c(c1)C(=O)NC2=O)Nc1ccc(OC(F)(F)F)cc1. The van der Waals surface area contributed by atoms with Gasteiger partial charge in [-0.2, -0.15) is 0 Å². The van der Waals surface area contributed by atoms with Crippen LogP contribution in [0.2, 0.25) is 0 Å². The van der Waals surface area contributed by atoms with Crippen molar-refractivity contribution in [3.63, 3.8) is 0 Å². The normalized spacial score (nSPS) is 12.3. The second-order valence-electron chi connectivity index (χ2n) is 7.80. The Morgan fingerprint density at radius 1 is 1.03 bits per heavy atom. The molecule has 4 N–H and O–H groups in total. The number of hydrogen-bond donors (Lipinski definition) is 4. The number of hydrogen-bond acceptors (Lipinski definition) is 6. The highest BCUT2D eigenvalue weighted by atomic mass is 19.4. The summed E-state index contributed by atoms with van der Waals surface area (Å²) in [5.41, 5.74) is 1.37. The quantitative estimate of drug-likeness (QED) is 0.286. The van der Waals surface area contributed by atoms with Gasteiger partial charge in [0.1, 0.15) is 12.0 Å². The van der Waals surface area contributed by atoms with E-state index < -0.39 is 30.0 Å². The van der Waals surface area contributed by atoms with Crippen LogP contribution in [-0.4, -0.2) is 43.4 Å². The van der Waals surface area contributed by atoms with E-state index in [0.29, 0.717) is 18.4 Å². The third-order valence-electron chi connectivity index (χ3n) is 5.01. The maximum atomic E-state index is 12.1. The Kier molecular flexibility index (Phi) is 13.2. The number of ether oxygens (including phenoxy) is 1. The van der Waals surface area contributed by atoms with Gasteiger partial charge in [0.25, 0.3) is 11.8 Å². The number of alkyl halides is 3. The highest BCUT2D eigenvalue weighted by Crippen LogP contribution is 2.24. The first kappa shape index (κ1) is 32.6. The van der Waals surface area contributed by atoms with E-state index in [2.05, 4.69) is 26.0 Å². The van der Waals surface area contributed by atoms with Gasteiger partial charge >= 0.3 is 12.4 Å². The van der Waals surface area contributed by atoms with E-state index in [1.807, 2.05) is 20.8 Å². The van der Waals surface area contributed by atoms with E-state index in [9.17, 15) is 37.1 Å². The number of amides is 5. The molecule has 5 amide bonds. The molecule has 0 unspecified atom stereocenters. The first-order valence-electron chi connectivity index (χ1n) is 12.0. The van der Waals surface area contributed by atoms with E-state index in [-0.39, 0.29) is 35.2 Å². The Morgan fingerprint density at radius 2 is 1.64 bits per heavy atom. The van der Waals surface area contributed by atoms with Crippen LogP contribution in [0.15, 0.2) is 42.5 Å². The Balaban J connectivity index is 0.000000537. The number of nitrogens with one attached hydrogen (secondary N) is 4. The highest BCUT2D eigenvalue weighted by molar-refractivity contribution is 6.21. The van der Waals surface area contributed by atoms with Crippen molar-refractivity contribution < 1.29 is 41.9 Å². The lowest BCUT2D eigenvalue weighted by Gasteiger charge is -2.11. The molecule has 0 bridgehead atoms. The maximum Gasteiger partial charge on any atom is 0.573 e. The average Bonchev–Trinajstić information content (AvgIpc) is 3.19. The number of benzene rings is 2. The van der Waals surface area contributed by atoms with Crippen molar-refractivity contribution in [3.05, 3.63) is 59.2 Å². The molecular formula is C26H31F3N4O6. The minimum Gasteiger partial charge on any atom is -0.406 e. The van der Waals surface area contributed by atoms with Crippen LogP contribution in [0.3, 0.4) is 0 Å². The van der Waals surface area contributed by atoms with E-state index >= 15 is 0 Å². The smallest absolute Gasteiger partial charge is 0.406 e. The van der Waals surface area contributed by atoms with Gasteiger partial charge in [-0.05, 0) is 48.4 Å². The molecule has 0 saturated heterocycles. The number of fused-ring (bicyclic) bond motifs is 1. The predicted octanol–water partition coefficient (Wildman–Crippen LogP) is 4.16. The molecule has 3 rings (SSSR count). The summed E-state index contributed by atoms with van der Waals surface area (Å²) in [5.74, 6) is -1.41. The molecule has 2 aromatic rings. The van der Waals surface area contributed by atoms with Crippen molar-refractivity contribution in [1.82, 2.24) is 16.0 Å². The van der Waals surface area contributed by atoms with Crippen LogP contribution in [0.25, 0.3) is 0 Å². The van der Waals surface area contributed by atoms with Crippen LogP contribution in [0.5, 0.6) is 5.75 Å². The highest BCUT2D eigenvalue weighted by Gasteiger charge is 2.31. The van der Waals surface area contributed by atoms with Gasteiger partial charge in [-0.1, -0.05) is 26.8 Å². The molecular weight excluding hydrogens is 521 g/mol. The number of halogens is 3. The molecule has 212 valence electrons. The number of carbonyl (C=O) groups excluding carboxylic acids is 5. The molecule has 1 atom stereocenters. The monoisotopic (exact) mass is 552 g/mol. The summed E-state index contributed by atoms with van der Waals surface area (Å²) in [5, 5.41) is 9.68. The summed E-state index contributed by atoms with van der Waals surface area (Å²) in [7, 11) is 1.60. The van der Waals surface area contributed by atoms with Crippen molar-refractivity contribution >= 4 is 35.7 Å². The summed E-state index contributed by atoms with van der Waals surface area (Å²) in [6.45, 7) is 5.89. The maximum absolute atomic E-state index is 12.1. The van der Waals surface area contributed by atoms with Gasteiger partial charge in [0, 0.05) is 31.6 Å². The summed E-state index contributed by atoms with van der Waals surface area (Å²) in [4.78, 5) is 55.6. The van der Waals surface area contributed by atoms with E-state index in [1.165, 1.54) is 24.3 Å². The first-order valence-corrected chi connectivity index (χ1v) is 12.0. The van der Waals surface area contributed by atoms with Crippen molar-refractivity contribution in [2.24, 2.45) is 5.92 Å². The van der Waals surface area contributed by atoms with Crippen LogP contribution in [0.4, 0.5) is 23.7 Å². The molecule has 1 aliphatic heterocycles. The second kappa shape index (κ2) is 15.7. The third-order valence-corrected chi connectivity index (χ3v) is 5.01. The zero-order valence-electron chi connectivity index (χ0n) is 21.9. The van der Waals surface area contributed by atoms with E-state index in [0.717, 1.165) is 18.4 Å². The Bertz CT molecular complexity index is 1150. The van der Waals surface area contributed by atoms with Crippen molar-refractivity contribution in [2.45, 2.75) is 46.5 Å². The molecule has 0 radical (unpaired) electrons. The number of imide groups is 1. The van der Waals surface area contributed by atoms with Gasteiger partial charge in [-0.25, -0.2) is 4.79 Å². The number of urea groups is 1. The lowest BCUT2D eigenvalue weighted by atomic mass is 10.1. The Labute approximate surface area is 223 Å². The predicted molar refractivity (Wildman–Crippen MR) is 137 cm³/mol. The van der Waals surface area contributed by atoms with Crippen LogP contribution in [-0.2, 0) is 16.1 Å². The summed E-state index contributed by atoms with van der Waals surface area (Å²) < 4.78 is 40.0. The first-order chi connectivity index (χ1) is 18.4. The topological polar surface area (TPSA) is 143 Å². The second-order valence-corrected chi connectivity index (χ2v) is 7.80.